The molecule has 0 fully saturated rings. The lowest BCUT2D eigenvalue weighted by Gasteiger charge is -2.03. The molecule has 9 heteroatoms. The van der Waals surface area contributed by atoms with Gasteiger partial charge in [0.15, 0.2) is 0 Å². The Morgan fingerprint density at radius 2 is 1.90 bits per heavy atom. The van der Waals surface area contributed by atoms with Gasteiger partial charge in [0.05, 0.1) is 20.8 Å². The lowest BCUT2D eigenvalue weighted by Crippen LogP contribution is -1.94. The first-order chi connectivity index (χ1) is 9.49. The van der Waals surface area contributed by atoms with Gasteiger partial charge in [-0.15, -0.1) is 0 Å². The third-order valence-corrected chi connectivity index (χ3v) is 3.38. The van der Waals surface area contributed by atoms with E-state index in [-0.39, 0.29) is 21.4 Å². The van der Waals surface area contributed by atoms with Crippen molar-refractivity contribution < 1.29 is 15.0 Å². The molecule has 20 heavy (non-hydrogen) atoms. The smallest absolute Gasteiger partial charge is 0.290 e. The number of aromatic hydroxyl groups is 1. The minimum absolute atomic E-state index is 0.120. The number of nitro benzene ring substituents is 2. The molecule has 1 aromatic heterocycles. The van der Waals surface area contributed by atoms with Crippen LogP contribution in [0.3, 0.4) is 0 Å². The van der Waals surface area contributed by atoms with E-state index < -0.39 is 15.5 Å². The summed E-state index contributed by atoms with van der Waals surface area (Å²) in [6.07, 6.45) is 1.43. The second kappa shape index (κ2) is 5.53. The summed E-state index contributed by atoms with van der Waals surface area (Å²) < 4.78 is 0. The second-order valence-corrected chi connectivity index (χ2v) is 4.63. The molecule has 0 aliphatic rings. The molecule has 0 aliphatic heterocycles. The van der Waals surface area contributed by atoms with Crippen LogP contribution >= 0.6 is 11.8 Å². The van der Waals surface area contributed by atoms with Crippen LogP contribution in [0.4, 0.5) is 11.4 Å². The Labute approximate surface area is 116 Å². The lowest BCUT2D eigenvalue weighted by molar-refractivity contribution is -0.396. The van der Waals surface area contributed by atoms with Crippen molar-refractivity contribution in [1.29, 1.82) is 0 Å². The normalized spacial score (nSPS) is 10.2. The van der Waals surface area contributed by atoms with E-state index in [0.29, 0.717) is 0 Å². The highest BCUT2D eigenvalue weighted by Gasteiger charge is 2.21. The molecular formula is C11H7N3O5S. The first kappa shape index (κ1) is 13.7. The Morgan fingerprint density at radius 1 is 1.15 bits per heavy atom. The van der Waals surface area contributed by atoms with Crippen LogP contribution in [0.15, 0.2) is 46.5 Å². The van der Waals surface area contributed by atoms with Gasteiger partial charge in [-0.25, -0.2) is 4.98 Å². The van der Waals surface area contributed by atoms with Crippen molar-refractivity contribution in [3.8, 4) is 5.75 Å². The molecule has 2 aromatic rings. The van der Waals surface area contributed by atoms with E-state index in [1.54, 1.807) is 0 Å². The Bertz CT molecular complexity index is 692. The van der Waals surface area contributed by atoms with Crippen LogP contribution in [0.1, 0.15) is 0 Å². The summed E-state index contributed by atoms with van der Waals surface area (Å²) in [5.74, 6) is -0.120. The van der Waals surface area contributed by atoms with E-state index in [1.165, 1.54) is 24.4 Å². The molecule has 0 unspecified atom stereocenters. The summed E-state index contributed by atoms with van der Waals surface area (Å²) in [6, 6.07) is 6.21. The number of rotatable bonds is 4. The van der Waals surface area contributed by atoms with Gasteiger partial charge < -0.3 is 5.11 Å². The molecule has 1 aromatic carbocycles. The molecule has 0 atom stereocenters. The predicted molar refractivity (Wildman–Crippen MR) is 69.8 cm³/mol. The zero-order valence-electron chi connectivity index (χ0n) is 9.79. The first-order valence-electron chi connectivity index (χ1n) is 5.23. The van der Waals surface area contributed by atoms with Crippen LogP contribution in [-0.4, -0.2) is 19.9 Å². The predicted octanol–water partition coefficient (Wildman–Crippen LogP) is 2.75. The molecule has 0 radical (unpaired) electrons. The number of nitrogens with zero attached hydrogens (tertiary/aromatic N) is 3. The van der Waals surface area contributed by atoms with Crippen molar-refractivity contribution in [3.05, 3.63) is 56.8 Å². The van der Waals surface area contributed by atoms with Crippen molar-refractivity contribution in [2.24, 2.45) is 0 Å². The average Bonchev–Trinajstić information content (AvgIpc) is 2.41. The van der Waals surface area contributed by atoms with Gasteiger partial charge in [0.1, 0.15) is 10.8 Å². The summed E-state index contributed by atoms with van der Waals surface area (Å²) in [6.45, 7) is 0. The number of non-ortho nitro benzene ring substituents is 1. The van der Waals surface area contributed by atoms with E-state index >= 15 is 0 Å². The summed E-state index contributed by atoms with van der Waals surface area (Å²) in [5, 5.41) is 31.3. The molecule has 0 saturated heterocycles. The van der Waals surface area contributed by atoms with Crippen LogP contribution in [-0.2, 0) is 0 Å². The molecule has 102 valence electrons. The van der Waals surface area contributed by atoms with Gasteiger partial charge in [-0.05, 0) is 18.2 Å². The van der Waals surface area contributed by atoms with E-state index in [2.05, 4.69) is 4.98 Å². The van der Waals surface area contributed by atoms with Gasteiger partial charge in [-0.3, -0.25) is 20.2 Å². The van der Waals surface area contributed by atoms with Crippen LogP contribution in [0.25, 0.3) is 0 Å². The fourth-order valence-electron chi connectivity index (χ4n) is 1.41. The largest absolute Gasteiger partial charge is 0.505 e. The zero-order chi connectivity index (χ0) is 14.7. The van der Waals surface area contributed by atoms with Gasteiger partial charge in [0.2, 0.25) is 0 Å². The maximum atomic E-state index is 11.0. The summed E-state index contributed by atoms with van der Waals surface area (Å²) in [7, 11) is 0. The van der Waals surface area contributed by atoms with Crippen molar-refractivity contribution in [2.45, 2.75) is 9.92 Å². The molecule has 8 nitrogen and oxygen atoms in total. The fourth-order valence-corrected chi connectivity index (χ4v) is 2.28. The number of nitro groups is 2. The van der Waals surface area contributed by atoms with Crippen molar-refractivity contribution in [3.63, 3.8) is 0 Å². The maximum Gasteiger partial charge on any atom is 0.290 e. The quantitative estimate of drug-likeness (QED) is 0.679. The molecule has 2 rings (SSSR count). The maximum absolute atomic E-state index is 11.0. The van der Waals surface area contributed by atoms with Gasteiger partial charge in [-0.1, -0.05) is 11.8 Å². The summed E-state index contributed by atoms with van der Waals surface area (Å²) >= 11 is 0.864. The van der Waals surface area contributed by atoms with Crippen molar-refractivity contribution in [2.75, 3.05) is 0 Å². The Morgan fingerprint density at radius 3 is 2.50 bits per heavy atom. The minimum atomic E-state index is -0.713. The SMILES string of the molecule is O=[N+]([O-])c1ccc(Sc2ncccc2O)c([N+](=O)[O-])c1. The topological polar surface area (TPSA) is 119 Å². The van der Waals surface area contributed by atoms with Gasteiger partial charge in [0, 0.05) is 12.3 Å². The first-order valence-corrected chi connectivity index (χ1v) is 6.05. The molecule has 0 spiro atoms. The van der Waals surface area contributed by atoms with E-state index in [9.17, 15) is 25.3 Å². The standard InChI is InChI=1S/C11H7N3O5S/c15-9-2-1-5-12-11(9)20-10-4-3-7(13(16)17)6-8(10)14(18)19/h1-6,15H. The number of aromatic nitrogens is 1. The van der Waals surface area contributed by atoms with Crippen molar-refractivity contribution >= 4 is 23.1 Å². The molecule has 0 bridgehead atoms. The number of hydrogen-bond acceptors (Lipinski definition) is 7. The average molecular weight is 293 g/mol. The van der Waals surface area contributed by atoms with E-state index in [0.717, 1.165) is 23.9 Å². The number of pyridine rings is 1. The van der Waals surface area contributed by atoms with Crippen LogP contribution < -0.4 is 0 Å². The third kappa shape index (κ3) is 2.83. The number of hydrogen-bond donors (Lipinski definition) is 1. The second-order valence-electron chi connectivity index (χ2n) is 3.60. The minimum Gasteiger partial charge on any atom is -0.505 e. The highest BCUT2D eigenvalue weighted by Crippen LogP contribution is 2.38. The van der Waals surface area contributed by atoms with Gasteiger partial charge in [-0.2, -0.15) is 0 Å². The molecule has 1 N–H and O–H groups in total. The fraction of sp³-hybridized carbons (Fsp3) is 0. The van der Waals surface area contributed by atoms with Gasteiger partial charge >= 0.3 is 0 Å². The van der Waals surface area contributed by atoms with Crippen LogP contribution in [0.5, 0.6) is 5.75 Å². The molecule has 0 saturated carbocycles. The third-order valence-electron chi connectivity index (χ3n) is 2.31. The highest BCUT2D eigenvalue weighted by molar-refractivity contribution is 7.99. The number of benzene rings is 1. The van der Waals surface area contributed by atoms with Gasteiger partial charge in [0.25, 0.3) is 11.4 Å². The summed E-state index contributed by atoms with van der Waals surface area (Å²) in [4.78, 5) is 24.2. The zero-order valence-corrected chi connectivity index (χ0v) is 10.6. The molecular weight excluding hydrogens is 286 g/mol. The lowest BCUT2D eigenvalue weighted by atomic mass is 10.3. The summed E-state index contributed by atoms with van der Waals surface area (Å²) in [5.41, 5.74) is -0.777. The Balaban J connectivity index is 2.44. The monoisotopic (exact) mass is 293 g/mol. The van der Waals surface area contributed by atoms with E-state index in [1.807, 2.05) is 0 Å². The molecule has 1 heterocycles. The molecule has 0 aliphatic carbocycles. The van der Waals surface area contributed by atoms with E-state index in [4.69, 9.17) is 0 Å². The Hall–Kier alpha value is -2.68. The van der Waals surface area contributed by atoms with Crippen LogP contribution in [0, 0.1) is 20.2 Å². The molecule has 0 amide bonds. The highest BCUT2D eigenvalue weighted by atomic mass is 32.2. The van der Waals surface area contributed by atoms with Crippen LogP contribution in [0.2, 0.25) is 0 Å². The van der Waals surface area contributed by atoms with Crippen molar-refractivity contribution in [1.82, 2.24) is 4.98 Å². The Kier molecular flexibility index (Phi) is 3.80.